The number of hydrogen-bond donors (Lipinski definition) is 4. The number of benzene rings is 3. The summed E-state index contributed by atoms with van der Waals surface area (Å²) in [5.74, 6) is -0.371. The van der Waals surface area contributed by atoms with Crippen molar-refractivity contribution in [3.63, 3.8) is 0 Å². The van der Waals surface area contributed by atoms with Gasteiger partial charge in [-0.15, -0.1) is 0 Å². The van der Waals surface area contributed by atoms with Gasteiger partial charge in [-0.3, -0.25) is 14.4 Å². The average Bonchev–Trinajstić information content (AvgIpc) is 3.23. The molecule has 3 aromatic carbocycles. The zero-order valence-electron chi connectivity index (χ0n) is 34.2. The SMILES string of the molecule is CC.CCCOCCCCCOCCOCCOc1ccc(-c2ccc([C@H](CC(=O)O)NC(=O)CNC(=O)CCCCNc3cc(Cl)ccn3)cc2)c2ccccc12. The van der Waals surface area contributed by atoms with E-state index in [-0.39, 0.29) is 25.3 Å². The van der Waals surface area contributed by atoms with E-state index in [0.717, 1.165) is 79.6 Å². The summed E-state index contributed by atoms with van der Waals surface area (Å²) in [5, 5.41) is 20.7. The van der Waals surface area contributed by atoms with E-state index in [1.807, 2.05) is 74.5 Å². The smallest absolute Gasteiger partial charge is 0.305 e. The second-order valence-corrected chi connectivity index (χ2v) is 13.7. The van der Waals surface area contributed by atoms with Gasteiger partial charge < -0.3 is 40.0 Å². The van der Waals surface area contributed by atoms with Crippen LogP contribution in [0.25, 0.3) is 21.9 Å². The molecule has 12 nitrogen and oxygen atoms in total. The number of aromatic nitrogens is 1. The summed E-state index contributed by atoms with van der Waals surface area (Å²) in [6, 6.07) is 22.0. The molecule has 1 atom stereocenters. The van der Waals surface area contributed by atoms with Crippen molar-refractivity contribution in [3.05, 3.63) is 89.6 Å². The minimum atomic E-state index is -1.06. The van der Waals surface area contributed by atoms with Gasteiger partial charge in [0.15, 0.2) is 0 Å². The highest BCUT2D eigenvalue weighted by atomic mass is 35.5. The summed E-state index contributed by atoms with van der Waals surface area (Å²) >= 11 is 5.97. The third kappa shape index (κ3) is 18.2. The van der Waals surface area contributed by atoms with E-state index in [1.165, 1.54) is 0 Å². The van der Waals surface area contributed by atoms with Crippen LogP contribution in [0.4, 0.5) is 5.82 Å². The van der Waals surface area contributed by atoms with Crippen LogP contribution in [0.3, 0.4) is 0 Å². The fourth-order valence-corrected chi connectivity index (χ4v) is 6.14. The van der Waals surface area contributed by atoms with E-state index in [0.29, 0.717) is 55.8 Å². The number of nitrogens with one attached hydrogen (secondary N) is 3. The van der Waals surface area contributed by atoms with Crippen LogP contribution in [0.2, 0.25) is 5.02 Å². The lowest BCUT2D eigenvalue weighted by Gasteiger charge is -2.19. The van der Waals surface area contributed by atoms with Gasteiger partial charge in [-0.25, -0.2) is 4.98 Å². The number of hydrogen-bond acceptors (Lipinski definition) is 9. The number of carboxylic acids is 1. The molecule has 0 unspecified atom stereocenters. The second kappa shape index (κ2) is 28.6. The average molecular weight is 821 g/mol. The number of carbonyl (C=O) groups excluding carboxylic acids is 2. The Morgan fingerprint density at radius 3 is 2.16 bits per heavy atom. The van der Waals surface area contributed by atoms with Gasteiger partial charge in [0.2, 0.25) is 11.8 Å². The lowest BCUT2D eigenvalue weighted by atomic mass is 9.95. The number of nitrogens with zero attached hydrogens (tertiary/aromatic N) is 1. The third-order valence-corrected chi connectivity index (χ3v) is 9.05. The van der Waals surface area contributed by atoms with Crippen LogP contribution in [0.5, 0.6) is 5.75 Å². The van der Waals surface area contributed by atoms with Gasteiger partial charge in [0.25, 0.3) is 0 Å². The summed E-state index contributed by atoms with van der Waals surface area (Å²) in [7, 11) is 0. The number of ether oxygens (including phenoxy) is 4. The zero-order valence-corrected chi connectivity index (χ0v) is 35.0. The van der Waals surface area contributed by atoms with Crippen LogP contribution in [-0.2, 0) is 28.6 Å². The first-order valence-corrected chi connectivity index (χ1v) is 20.8. The molecule has 0 bridgehead atoms. The first-order chi connectivity index (χ1) is 28.3. The van der Waals surface area contributed by atoms with Gasteiger partial charge in [0.05, 0.1) is 38.8 Å². The molecule has 4 N–H and O–H groups in total. The maximum Gasteiger partial charge on any atom is 0.305 e. The second-order valence-electron chi connectivity index (χ2n) is 13.3. The quantitative estimate of drug-likeness (QED) is 0.0409. The molecule has 2 amide bonds. The number of unbranched alkanes of at least 4 members (excludes halogenated alkanes) is 3. The van der Waals surface area contributed by atoms with E-state index in [4.69, 9.17) is 30.5 Å². The predicted molar refractivity (Wildman–Crippen MR) is 231 cm³/mol. The Bertz CT molecular complexity index is 1790. The van der Waals surface area contributed by atoms with Crippen molar-refractivity contribution in [2.75, 3.05) is 64.7 Å². The predicted octanol–water partition coefficient (Wildman–Crippen LogP) is 8.62. The van der Waals surface area contributed by atoms with Crippen molar-refractivity contribution in [2.24, 2.45) is 0 Å². The topological polar surface area (TPSA) is 157 Å². The van der Waals surface area contributed by atoms with Crippen molar-refractivity contribution in [1.82, 2.24) is 15.6 Å². The molecule has 316 valence electrons. The van der Waals surface area contributed by atoms with E-state index in [1.54, 1.807) is 18.3 Å². The van der Waals surface area contributed by atoms with E-state index in [2.05, 4.69) is 27.9 Å². The van der Waals surface area contributed by atoms with Crippen LogP contribution in [0, 0.1) is 0 Å². The Hall–Kier alpha value is -4.75. The van der Waals surface area contributed by atoms with Gasteiger partial charge in [-0.05, 0) is 78.8 Å². The summed E-state index contributed by atoms with van der Waals surface area (Å²) < 4.78 is 23.0. The number of halogens is 1. The molecule has 0 spiro atoms. The molecule has 0 fully saturated rings. The number of rotatable bonds is 28. The largest absolute Gasteiger partial charge is 0.491 e. The van der Waals surface area contributed by atoms with E-state index in [9.17, 15) is 19.5 Å². The summed E-state index contributed by atoms with van der Waals surface area (Å²) in [4.78, 5) is 41.0. The molecular formula is C45H61ClN4O8. The molecule has 0 aliphatic rings. The molecule has 0 radical (unpaired) electrons. The van der Waals surface area contributed by atoms with Gasteiger partial charge in [0, 0.05) is 49.4 Å². The number of carbonyl (C=O) groups is 3. The number of amides is 2. The minimum absolute atomic E-state index is 0.251. The van der Waals surface area contributed by atoms with Crippen LogP contribution >= 0.6 is 11.6 Å². The fourth-order valence-electron chi connectivity index (χ4n) is 5.98. The lowest BCUT2D eigenvalue weighted by Crippen LogP contribution is -2.39. The van der Waals surface area contributed by atoms with Crippen molar-refractivity contribution in [3.8, 4) is 16.9 Å². The zero-order chi connectivity index (χ0) is 41.8. The molecule has 4 rings (SSSR count). The molecule has 0 aliphatic heterocycles. The van der Waals surface area contributed by atoms with Crippen LogP contribution in [0.15, 0.2) is 79.0 Å². The van der Waals surface area contributed by atoms with E-state index >= 15 is 0 Å². The Kier molecular flexibility index (Phi) is 23.5. The van der Waals surface area contributed by atoms with Crippen LogP contribution in [-0.4, -0.2) is 87.2 Å². The summed E-state index contributed by atoms with van der Waals surface area (Å²) in [6.45, 7) is 10.8. The van der Waals surface area contributed by atoms with Crippen molar-refractivity contribution in [2.45, 2.75) is 78.2 Å². The highest BCUT2D eigenvalue weighted by Gasteiger charge is 2.19. The van der Waals surface area contributed by atoms with Crippen molar-refractivity contribution >= 4 is 46.0 Å². The first-order valence-electron chi connectivity index (χ1n) is 20.5. The summed E-state index contributed by atoms with van der Waals surface area (Å²) in [5.41, 5.74) is 2.55. The molecule has 1 aromatic heterocycles. The number of fused-ring (bicyclic) bond motifs is 1. The summed E-state index contributed by atoms with van der Waals surface area (Å²) in [6.07, 6.45) is 7.12. The lowest BCUT2D eigenvalue weighted by molar-refractivity contribution is -0.138. The number of carboxylic acid groups (broad SMARTS) is 1. The van der Waals surface area contributed by atoms with Crippen LogP contribution in [0.1, 0.15) is 83.7 Å². The van der Waals surface area contributed by atoms with Crippen molar-refractivity contribution < 1.29 is 38.4 Å². The number of aliphatic carboxylic acids is 1. The maximum absolute atomic E-state index is 12.8. The van der Waals surface area contributed by atoms with Gasteiger partial charge in [-0.2, -0.15) is 0 Å². The standard InChI is InChI=1S/C43H55ClN4O8.C2H6/c1-2-22-53-23-8-3-9-24-54-25-26-55-27-28-56-39-18-17-35(36-10-4-5-11-37(36)39)32-13-15-33(16-14-32)38(30-43(51)52)48-42(50)31-47-41(49)12-6-7-20-45-40-29-34(44)19-21-46-40;1-2/h4-5,10-11,13-19,21,29,38H,2-3,6-9,12,20,22-28,30-31H2,1H3,(H,45,46)(H,47,49)(H,48,50)(H,51,52);1-2H3/t38-;/m0./s1. The van der Waals surface area contributed by atoms with Gasteiger partial charge in [0.1, 0.15) is 18.2 Å². The molecule has 58 heavy (non-hydrogen) atoms. The Morgan fingerprint density at radius 2 is 1.45 bits per heavy atom. The Balaban J connectivity index is 0.00000443. The van der Waals surface area contributed by atoms with Gasteiger partial charge >= 0.3 is 5.97 Å². The highest BCUT2D eigenvalue weighted by Crippen LogP contribution is 2.35. The van der Waals surface area contributed by atoms with E-state index < -0.39 is 17.9 Å². The minimum Gasteiger partial charge on any atom is -0.491 e. The highest BCUT2D eigenvalue weighted by molar-refractivity contribution is 6.30. The molecule has 13 heteroatoms. The molecule has 0 saturated heterocycles. The van der Waals surface area contributed by atoms with Crippen LogP contribution < -0.4 is 20.7 Å². The Morgan fingerprint density at radius 1 is 0.759 bits per heavy atom. The molecule has 4 aromatic rings. The molecule has 1 heterocycles. The number of anilines is 1. The fraction of sp³-hybridized carbons (Fsp3) is 0.467. The Labute approximate surface area is 348 Å². The number of pyridine rings is 1. The van der Waals surface area contributed by atoms with Gasteiger partial charge in [-0.1, -0.05) is 87.0 Å². The van der Waals surface area contributed by atoms with Crippen molar-refractivity contribution in [1.29, 1.82) is 0 Å². The monoisotopic (exact) mass is 820 g/mol. The normalized spacial score (nSPS) is 11.3. The molecule has 0 aliphatic carbocycles. The first kappa shape index (κ1) is 47.6. The maximum atomic E-state index is 12.8. The molecule has 0 saturated carbocycles. The third-order valence-electron chi connectivity index (χ3n) is 8.81. The molecular weight excluding hydrogens is 760 g/mol.